The maximum Gasteiger partial charge on any atom is 0.341 e. The summed E-state index contributed by atoms with van der Waals surface area (Å²) in [6, 6.07) is 8.70. The van der Waals surface area contributed by atoms with Gasteiger partial charge in [-0.1, -0.05) is 0 Å². The van der Waals surface area contributed by atoms with Gasteiger partial charge in [0.05, 0.1) is 12.0 Å². The van der Waals surface area contributed by atoms with E-state index in [0.717, 1.165) is 10.9 Å². The molecule has 4 aromatic rings. The van der Waals surface area contributed by atoms with E-state index < -0.39 is 5.97 Å². The van der Waals surface area contributed by atoms with Gasteiger partial charge in [-0.05, 0) is 37.3 Å². The zero-order valence-electron chi connectivity index (χ0n) is 14.8. The van der Waals surface area contributed by atoms with Crippen LogP contribution in [-0.2, 0) is 4.74 Å². The molecule has 0 bridgehead atoms. The second-order valence-electron chi connectivity index (χ2n) is 5.84. The van der Waals surface area contributed by atoms with Gasteiger partial charge in [-0.2, -0.15) is 5.10 Å². The molecule has 0 unspecified atom stereocenters. The number of pyridine rings is 1. The highest BCUT2D eigenvalue weighted by Crippen LogP contribution is 2.24. The lowest BCUT2D eigenvalue weighted by Gasteiger charge is -2.06. The van der Waals surface area contributed by atoms with Crippen molar-refractivity contribution < 1.29 is 14.3 Å². The van der Waals surface area contributed by atoms with Crippen LogP contribution in [0, 0.1) is 0 Å². The summed E-state index contributed by atoms with van der Waals surface area (Å²) >= 11 is 0. The number of nitrogen functional groups attached to an aromatic ring is 1. The number of benzene rings is 1. The Morgan fingerprint density at radius 2 is 2.07 bits per heavy atom. The van der Waals surface area contributed by atoms with E-state index in [9.17, 15) is 9.59 Å². The smallest absolute Gasteiger partial charge is 0.341 e. The number of aromatic amines is 2. The molecule has 0 saturated carbocycles. The summed E-state index contributed by atoms with van der Waals surface area (Å²) in [5.41, 5.74) is 7.71. The zero-order chi connectivity index (χ0) is 19.0. The van der Waals surface area contributed by atoms with Crippen LogP contribution in [0.1, 0.15) is 27.6 Å². The number of halogens is 1. The molecule has 28 heavy (non-hydrogen) atoms. The number of rotatable bonds is 4. The summed E-state index contributed by atoms with van der Waals surface area (Å²) in [5, 5.41) is 10.9. The number of nitrogens with two attached hydrogens (primary N) is 1. The molecule has 5 N–H and O–H groups in total. The first-order valence-electron chi connectivity index (χ1n) is 8.27. The summed E-state index contributed by atoms with van der Waals surface area (Å²) < 4.78 is 4.98. The van der Waals surface area contributed by atoms with Gasteiger partial charge in [-0.25, -0.2) is 9.78 Å². The first kappa shape index (κ1) is 19.2. The number of fused-ring (bicyclic) bond motifs is 2. The third-order valence-corrected chi connectivity index (χ3v) is 4.12. The third-order valence-electron chi connectivity index (χ3n) is 4.12. The Bertz CT molecular complexity index is 1180. The number of anilines is 2. The number of hydrogen-bond acceptors (Lipinski definition) is 6. The third kappa shape index (κ3) is 3.35. The van der Waals surface area contributed by atoms with Gasteiger partial charge >= 0.3 is 5.97 Å². The number of esters is 1. The molecule has 0 aliphatic carbocycles. The molecule has 0 fully saturated rings. The van der Waals surface area contributed by atoms with E-state index in [1.54, 1.807) is 25.3 Å². The van der Waals surface area contributed by atoms with E-state index in [-0.39, 0.29) is 42.1 Å². The number of amides is 1. The van der Waals surface area contributed by atoms with Crippen LogP contribution >= 0.6 is 12.4 Å². The number of aromatic nitrogens is 4. The Labute approximate surface area is 165 Å². The van der Waals surface area contributed by atoms with Crippen molar-refractivity contribution in [3.63, 3.8) is 0 Å². The fourth-order valence-corrected chi connectivity index (χ4v) is 2.80. The van der Waals surface area contributed by atoms with E-state index >= 15 is 0 Å². The van der Waals surface area contributed by atoms with Gasteiger partial charge in [-0.15, -0.1) is 12.4 Å². The maximum atomic E-state index is 12.6. The molecule has 3 heterocycles. The van der Waals surface area contributed by atoms with Crippen LogP contribution in [0.2, 0.25) is 0 Å². The molecular weight excluding hydrogens is 384 g/mol. The molecule has 1 amide bonds. The quantitative estimate of drug-likeness (QED) is 0.388. The van der Waals surface area contributed by atoms with Crippen LogP contribution in [-0.4, -0.2) is 38.6 Å². The molecule has 10 heteroatoms. The molecule has 144 valence electrons. The van der Waals surface area contributed by atoms with Crippen molar-refractivity contribution in [3.8, 4) is 0 Å². The van der Waals surface area contributed by atoms with Crippen LogP contribution < -0.4 is 11.1 Å². The van der Waals surface area contributed by atoms with Crippen molar-refractivity contribution in [2.45, 2.75) is 6.92 Å². The summed E-state index contributed by atoms with van der Waals surface area (Å²) in [7, 11) is 0. The first-order valence-corrected chi connectivity index (χ1v) is 8.27. The topological polar surface area (TPSA) is 139 Å². The molecule has 0 saturated heterocycles. The minimum atomic E-state index is -0.583. The predicted molar refractivity (Wildman–Crippen MR) is 108 cm³/mol. The Balaban J connectivity index is 0.00000225. The SMILES string of the molecule is CCOC(=O)c1cc2c(NC(=O)c3ccc4[nH]ccc4c3)n[nH]c2nc1N.Cl. The molecule has 0 radical (unpaired) electrons. The predicted octanol–water partition coefficient (Wildman–Crippen LogP) is 2.87. The number of carbonyl (C=O) groups is 2. The van der Waals surface area contributed by atoms with Crippen LogP contribution in [0.25, 0.3) is 21.9 Å². The van der Waals surface area contributed by atoms with Gasteiger partial charge in [-0.3, -0.25) is 9.89 Å². The highest BCUT2D eigenvalue weighted by Gasteiger charge is 2.18. The van der Waals surface area contributed by atoms with E-state index in [1.165, 1.54) is 6.07 Å². The standard InChI is InChI=1S/C18H16N6O3.ClH/c1-2-27-18(26)11-8-12-15(21-14(11)19)23-24-16(12)22-17(25)10-3-4-13-9(7-10)5-6-20-13;/h3-8,20H,2H2,1H3,(H4,19,21,22,23,24,25);1H. The molecule has 1 aromatic carbocycles. The molecule has 0 atom stereocenters. The highest BCUT2D eigenvalue weighted by molar-refractivity contribution is 6.10. The minimum Gasteiger partial charge on any atom is -0.462 e. The number of carbonyl (C=O) groups excluding carboxylic acids is 2. The Morgan fingerprint density at radius 3 is 2.86 bits per heavy atom. The van der Waals surface area contributed by atoms with Crippen molar-refractivity contribution in [1.82, 2.24) is 20.2 Å². The van der Waals surface area contributed by atoms with Crippen LogP contribution in [0.4, 0.5) is 11.6 Å². The van der Waals surface area contributed by atoms with Crippen molar-refractivity contribution in [3.05, 3.63) is 47.7 Å². The minimum absolute atomic E-state index is 0. The molecule has 4 rings (SSSR count). The van der Waals surface area contributed by atoms with E-state index in [1.807, 2.05) is 12.1 Å². The maximum absolute atomic E-state index is 12.6. The largest absolute Gasteiger partial charge is 0.462 e. The molecule has 3 aromatic heterocycles. The lowest BCUT2D eigenvalue weighted by atomic mass is 10.1. The number of ether oxygens (including phenoxy) is 1. The fourth-order valence-electron chi connectivity index (χ4n) is 2.80. The Hall–Kier alpha value is -3.59. The molecule has 0 aliphatic rings. The van der Waals surface area contributed by atoms with Gasteiger partial charge in [0.15, 0.2) is 11.5 Å². The number of nitrogens with zero attached hydrogens (tertiary/aromatic N) is 2. The van der Waals surface area contributed by atoms with Crippen molar-refractivity contribution in [2.24, 2.45) is 0 Å². The summed E-state index contributed by atoms with van der Waals surface area (Å²) in [5.74, 6) is -0.635. The zero-order valence-corrected chi connectivity index (χ0v) is 15.6. The van der Waals surface area contributed by atoms with Crippen molar-refractivity contribution in [1.29, 1.82) is 0 Å². The summed E-state index contributed by atoms with van der Waals surface area (Å²) in [6.45, 7) is 1.91. The Morgan fingerprint density at radius 1 is 1.25 bits per heavy atom. The van der Waals surface area contributed by atoms with E-state index in [0.29, 0.717) is 16.6 Å². The van der Waals surface area contributed by atoms with E-state index in [2.05, 4.69) is 25.5 Å². The van der Waals surface area contributed by atoms with Crippen molar-refractivity contribution in [2.75, 3.05) is 17.7 Å². The van der Waals surface area contributed by atoms with Crippen molar-refractivity contribution >= 4 is 57.9 Å². The van der Waals surface area contributed by atoms with Gasteiger partial charge in [0.25, 0.3) is 5.91 Å². The molecule has 0 aliphatic heterocycles. The average molecular weight is 401 g/mol. The van der Waals surface area contributed by atoms with Crippen LogP contribution in [0.3, 0.4) is 0 Å². The first-order chi connectivity index (χ1) is 13.1. The second-order valence-corrected chi connectivity index (χ2v) is 5.84. The molecular formula is C18H17ClN6O3. The fraction of sp³-hybridized carbons (Fsp3) is 0.111. The van der Waals surface area contributed by atoms with Gasteiger partial charge in [0, 0.05) is 22.7 Å². The van der Waals surface area contributed by atoms with Gasteiger partial charge in [0.1, 0.15) is 11.4 Å². The monoisotopic (exact) mass is 400 g/mol. The van der Waals surface area contributed by atoms with Gasteiger partial charge < -0.3 is 20.8 Å². The van der Waals surface area contributed by atoms with Crippen LogP contribution in [0.5, 0.6) is 0 Å². The molecule has 0 spiro atoms. The summed E-state index contributed by atoms with van der Waals surface area (Å²) in [6.07, 6.45) is 1.81. The highest BCUT2D eigenvalue weighted by atomic mass is 35.5. The average Bonchev–Trinajstić information content (AvgIpc) is 3.27. The lowest BCUT2D eigenvalue weighted by molar-refractivity contribution is 0.0527. The number of nitrogens with one attached hydrogen (secondary N) is 3. The second kappa shape index (κ2) is 7.57. The van der Waals surface area contributed by atoms with E-state index in [4.69, 9.17) is 10.5 Å². The summed E-state index contributed by atoms with van der Waals surface area (Å²) in [4.78, 5) is 31.8. The Kier molecular flexibility index (Phi) is 5.18. The van der Waals surface area contributed by atoms with Crippen LogP contribution in [0.15, 0.2) is 36.5 Å². The number of hydrogen-bond donors (Lipinski definition) is 4. The number of H-pyrrole nitrogens is 2. The van der Waals surface area contributed by atoms with Gasteiger partial charge in [0.2, 0.25) is 0 Å². The normalized spacial score (nSPS) is 10.6. The molecule has 9 nitrogen and oxygen atoms in total. The lowest BCUT2D eigenvalue weighted by Crippen LogP contribution is -2.13.